The van der Waals surface area contributed by atoms with Crippen LogP contribution in [0.5, 0.6) is 11.5 Å². The number of imidazole rings is 1. The van der Waals surface area contributed by atoms with Gasteiger partial charge in [0.15, 0.2) is 11.5 Å². The number of methoxy groups -OCH3 is 1. The van der Waals surface area contributed by atoms with Crippen LogP contribution in [0.25, 0.3) is 22.3 Å². The summed E-state index contributed by atoms with van der Waals surface area (Å²) in [5.74, 6) is 0.541. The van der Waals surface area contributed by atoms with Gasteiger partial charge in [-0.05, 0) is 30.2 Å². The van der Waals surface area contributed by atoms with Crippen LogP contribution in [0, 0.1) is 5.92 Å². The van der Waals surface area contributed by atoms with Crippen LogP contribution in [0.15, 0.2) is 54.9 Å². The van der Waals surface area contributed by atoms with Crippen LogP contribution in [0.2, 0.25) is 0 Å². The molecule has 12 heteroatoms. The molecule has 0 spiro atoms. The zero-order chi connectivity index (χ0) is 29.6. The van der Waals surface area contributed by atoms with Crippen LogP contribution in [0.4, 0.5) is 0 Å². The van der Waals surface area contributed by atoms with Crippen LogP contribution < -0.4 is 20.1 Å². The molecule has 1 atom stereocenters. The molecular formula is C30H35N7O5. The normalized spacial score (nSPS) is 16.8. The van der Waals surface area contributed by atoms with E-state index in [1.807, 2.05) is 61.0 Å². The number of carbonyl (C=O) groups excluding carboxylic acids is 3. The first-order valence-corrected chi connectivity index (χ1v) is 13.9. The molecule has 2 aromatic carbocycles. The van der Waals surface area contributed by atoms with Gasteiger partial charge in [0, 0.05) is 36.4 Å². The first-order valence-electron chi connectivity index (χ1n) is 13.9. The van der Waals surface area contributed by atoms with E-state index in [4.69, 9.17) is 9.47 Å². The molecule has 5 rings (SSSR count). The SMILES string of the molecule is COc1ccc2cc1OCCN(C(=O)Cc1[nH]nc3ccccc13)CC(=O)N[C@H](C(C)C)C(=O)NCCn1ccnc1-2. The molecule has 42 heavy (non-hydrogen) atoms. The number of ether oxygens (including phenoxy) is 2. The van der Waals surface area contributed by atoms with Crippen molar-refractivity contribution in [2.75, 3.05) is 33.4 Å². The Balaban J connectivity index is 1.43. The second-order valence-corrected chi connectivity index (χ2v) is 10.4. The minimum Gasteiger partial charge on any atom is -0.493 e. The molecule has 2 bridgehead atoms. The highest BCUT2D eigenvalue weighted by molar-refractivity contribution is 5.92. The maximum Gasteiger partial charge on any atom is 0.242 e. The van der Waals surface area contributed by atoms with Gasteiger partial charge in [0.2, 0.25) is 17.7 Å². The first-order chi connectivity index (χ1) is 20.3. The Morgan fingerprint density at radius 3 is 2.81 bits per heavy atom. The molecule has 2 aromatic heterocycles. The fourth-order valence-corrected chi connectivity index (χ4v) is 4.99. The second-order valence-electron chi connectivity index (χ2n) is 10.4. The number of H-pyrrole nitrogens is 1. The van der Waals surface area contributed by atoms with E-state index >= 15 is 0 Å². The van der Waals surface area contributed by atoms with Crippen molar-refractivity contribution in [2.45, 2.75) is 32.9 Å². The molecule has 220 valence electrons. The van der Waals surface area contributed by atoms with E-state index in [0.29, 0.717) is 36.1 Å². The van der Waals surface area contributed by atoms with Gasteiger partial charge in [-0.3, -0.25) is 19.5 Å². The molecule has 3 N–H and O–H groups in total. The Morgan fingerprint density at radius 2 is 2.00 bits per heavy atom. The number of fused-ring (bicyclic) bond motifs is 5. The van der Waals surface area contributed by atoms with E-state index in [9.17, 15) is 14.4 Å². The van der Waals surface area contributed by atoms with Gasteiger partial charge < -0.3 is 29.6 Å². The monoisotopic (exact) mass is 573 g/mol. The van der Waals surface area contributed by atoms with Crippen molar-refractivity contribution in [3.8, 4) is 22.9 Å². The van der Waals surface area contributed by atoms with Crippen molar-refractivity contribution in [3.63, 3.8) is 0 Å². The third-order valence-electron chi connectivity index (χ3n) is 7.23. The minimum atomic E-state index is -0.764. The fourth-order valence-electron chi connectivity index (χ4n) is 4.99. The summed E-state index contributed by atoms with van der Waals surface area (Å²) >= 11 is 0. The van der Waals surface area contributed by atoms with Gasteiger partial charge in [0.05, 0.1) is 37.8 Å². The number of aromatic nitrogens is 4. The van der Waals surface area contributed by atoms with Crippen molar-refractivity contribution in [1.29, 1.82) is 0 Å². The van der Waals surface area contributed by atoms with E-state index in [-0.39, 0.29) is 43.8 Å². The number of benzene rings is 2. The quantitative estimate of drug-likeness (QED) is 0.339. The Bertz CT molecular complexity index is 1580. The number of nitrogens with one attached hydrogen (secondary N) is 3. The molecule has 3 amide bonds. The predicted molar refractivity (Wildman–Crippen MR) is 156 cm³/mol. The van der Waals surface area contributed by atoms with E-state index in [2.05, 4.69) is 25.8 Å². The van der Waals surface area contributed by atoms with Crippen LogP contribution in [0.1, 0.15) is 19.5 Å². The lowest BCUT2D eigenvalue weighted by Gasteiger charge is -2.26. The minimum absolute atomic E-state index is 0.0172. The molecule has 3 heterocycles. The largest absolute Gasteiger partial charge is 0.493 e. The Hall–Kier alpha value is -4.87. The molecule has 0 saturated heterocycles. The molecule has 12 nitrogen and oxygen atoms in total. The number of carbonyl (C=O) groups is 3. The molecule has 1 aliphatic heterocycles. The summed E-state index contributed by atoms with van der Waals surface area (Å²) in [6, 6.07) is 12.3. The topological polar surface area (TPSA) is 143 Å². The van der Waals surface area contributed by atoms with Crippen LogP contribution >= 0.6 is 0 Å². The third-order valence-corrected chi connectivity index (χ3v) is 7.23. The van der Waals surface area contributed by atoms with E-state index in [0.717, 1.165) is 16.5 Å². The van der Waals surface area contributed by atoms with Crippen molar-refractivity contribution < 1.29 is 23.9 Å². The van der Waals surface area contributed by atoms with Crippen LogP contribution in [-0.4, -0.2) is 81.8 Å². The van der Waals surface area contributed by atoms with Crippen molar-refractivity contribution >= 4 is 28.6 Å². The smallest absolute Gasteiger partial charge is 0.242 e. The number of para-hydroxylation sites is 1. The molecule has 1 aliphatic rings. The zero-order valence-corrected chi connectivity index (χ0v) is 23.9. The van der Waals surface area contributed by atoms with Gasteiger partial charge in [-0.1, -0.05) is 32.0 Å². The number of aromatic amines is 1. The van der Waals surface area contributed by atoms with Gasteiger partial charge >= 0.3 is 0 Å². The first kappa shape index (κ1) is 28.7. The van der Waals surface area contributed by atoms with Gasteiger partial charge in [-0.2, -0.15) is 5.10 Å². The Kier molecular flexibility index (Phi) is 8.70. The molecule has 0 aliphatic carbocycles. The Morgan fingerprint density at radius 1 is 1.17 bits per heavy atom. The summed E-state index contributed by atoms with van der Waals surface area (Å²) < 4.78 is 13.6. The van der Waals surface area contributed by atoms with E-state index < -0.39 is 11.9 Å². The fraction of sp³-hybridized carbons (Fsp3) is 0.367. The maximum absolute atomic E-state index is 13.6. The summed E-state index contributed by atoms with van der Waals surface area (Å²) in [7, 11) is 1.56. The molecule has 0 saturated carbocycles. The standard InChI is InChI=1S/C30H35N7O5/c1-19(2)28-30(40)32-11-13-36-12-10-31-29(36)20-8-9-24(41-3)25(16-20)42-15-14-37(18-26(38)33-28)27(39)17-23-21-6-4-5-7-22(21)34-35-23/h4-10,12,16,19,28H,11,13-15,17-18H2,1-3H3,(H,32,40)(H,33,38)(H,34,35)/t28-/m1/s1. The number of amides is 3. The van der Waals surface area contributed by atoms with Crippen molar-refractivity contribution in [3.05, 3.63) is 60.6 Å². The summed E-state index contributed by atoms with van der Waals surface area (Å²) in [5, 5.41) is 13.8. The van der Waals surface area contributed by atoms with Crippen molar-refractivity contribution in [2.24, 2.45) is 5.92 Å². The van der Waals surface area contributed by atoms with Gasteiger partial charge in [0.1, 0.15) is 18.5 Å². The van der Waals surface area contributed by atoms with Gasteiger partial charge in [0.25, 0.3) is 0 Å². The van der Waals surface area contributed by atoms with E-state index in [1.165, 1.54) is 4.90 Å². The average molecular weight is 574 g/mol. The van der Waals surface area contributed by atoms with E-state index in [1.54, 1.807) is 19.4 Å². The number of hydrogen-bond acceptors (Lipinski definition) is 7. The number of hydrogen-bond donors (Lipinski definition) is 3. The summed E-state index contributed by atoms with van der Waals surface area (Å²) in [4.78, 5) is 45.8. The van der Waals surface area contributed by atoms with Crippen molar-refractivity contribution in [1.82, 2.24) is 35.3 Å². The molecule has 0 unspecified atom stereocenters. The Labute approximate surface area is 243 Å². The van der Waals surface area contributed by atoms with Crippen LogP contribution in [0.3, 0.4) is 0 Å². The number of nitrogens with zero attached hydrogens (tertiary/aromatic N) is 4. The lowest BCUT2D eigenvalue weighted by Crippen LogP contribution is -2.53. The van der Waals surface area contributed by atoms with Gasteiger partial charge in [-0.25, -0.2) is 4.98 Å². The lowest BCUT2D eigenvalue weighted by molar-refractivity contribution is -0.137. The predicted octanol–water partition coefficient (Wildman–Crippen LogP) is 2.16. The highest BCUT2D eigenvalue weighted by Crippen LogP contribution is 2.32. The third kappa shape index (κ3) is 6.37. The highest BCUT2D eigenvalue weighted by Gasteiger charge is 2.27. The maximum atomic E-state index is 13.6. The molecule has 0 fully saturated rings. The average Bonchev–Trinajstić information content (AvgIpc) is 3.62. The lowest BCUT2D eigenvalue weighted by atomic mass is 10.0. The van der Waals surface area contributed by atoms with Gasteiger partial charge in [-0.15, -0.1) is 0 Å². The summed E-state index contributed by atoms with van der Waals surface area (Å²) in [6.07, 6.45) is 3.56. The zero-order valence-electron chi connectivity index (χ0n) is 23.9. The molecule has 0 radical (unpaired) electrons. The summed E-state index contributed by atoms with van der Waals surface area (Å²) in [6.45, 7) is 4.53. The second kappa shape index (κ2) is 12.8. The summed E-state index contributed by atoms with van der Waals surface area (Å²) in [5.41, 5.74) is 2.22. The molecular weight excluding hydrogens is 538 g/mol. The highest BCUT2D eigenvalue weighted by atomic mass is 16.5. The van der Waals surface area contributed by atoms with Crippen LogP contribution in [-0.2, 0) is 27.3 Å². The number of rotatable bonds is 4. The molecule has 4 aromatic rings.